The van der Waals surface area contributed by atoms with Crippen LogP contribution in [0.1, 0.15) is 75.6 Å². The van der Waals surface area contributed by atoms with Crippen molar-refractivity contribution in [2.24, 2.45) is 0 Å². The normalized spacial score (nSPS) is 26.3. The Hall–Kier alpha value is -7.39. The van der Waals surface area contributed by atoms with Crippen LogP contribution in [0.4, 0.5) is 11.4 Å². The molecule has 0 radical (unpaired) electrons. The smallest absolute Gasteiger partial charge is 0.343 e. The fourth-order valence-electron chi connectivity index (χ4n) is 12.6. The number of cyclic esters (lactones) is 1. The summed E-state index contributed by atoms with van der Waals surface area (Å²) in [5.41, 5.74) is 2.65. The van der Waals surface area contributed by atoms with Crippen molar-refractivity contribution in [2.75, 3.05) is 70.8 Å². The summed E-state index contributed by atoms with van der Waals surface area (Å²) < 4.78 is 52.7. The first kappa shape index (κ1) is 67.0. The summed E-state index contributed by atoms with van der Waals surface area (Å²) in [5.74, 6) is 0.352. The molecule has 0 spiro atoms. The maximum Gasteiger partial charge on any atom is 0.343 e. The molecule has 0 saturated carbocycles. The van der Waals surface area contributed by atoms with Gasteiger partial charge in [-0.1, -0.05) is 6.92 Å². The molecule has 93 heavy (non-hydrogen) atoms. The average molecular weight is 1330 g/mol. The number of esters is 1. The number of piperazine rings is 1. The van der Waals surface area contributed by atoms with E-state index in [2.05, 4.69) is 31.5 Å². The largest absolute Gasteiger partial charge is 0.486 e. The zero-order valence-corrected chi connectivity index (χ0v) is 54.0. The summed E-state index contributed by atoms with van der Waals surface area (Å²) in [6.07, 6.45) is -8.43. The van der Waals surface area contributed by atoms with Gasteiger partial charge in [0.15, 0.2) is 27.3 Å². The van der Waals surface area contributed by atoms with Crippen molar-refractivity contribution in [1.29, 1.82) is 0 Å². The molecule has 6 aliphatic rings. The minimum absolute atomic E-state index is 0.00757. The molecule has 0 aliphatic carbocycles. The molecule has 27 nitrogen and oxygen atoms in total. The van der Waals surface area contributed by atoms with Crippen molar-refractivity contribution in [2.45, 2.75) is 152 Å². The summed E-state index contributed by atoms with van der Waals surface area (Å²) in [7, 11) is 2.78. The highest BCUT2D eigenvalue weighted by molar-refractivity contribution is 7.80. The number of aliphatic hydroxyl groups is 5. The van der Waals surface area contributed by atoms with Crippen LogP contribution in [0.2, 0.25) is 0 Å². The van der Waals surface area contributed by atoms with Crippen LogP contribution < -0.4 is 51.1 Å². The van der Waals surface area contributed by atoms with Crippen molar-refractivity contribution in [3.05, 3.63) is 99.3 Å². The molecule has 3 fully saturated rings. The molecule has 8 heterocycles. The third-order valence-electron chi connectivity index (χ3n) is 17.9. The number of anilines is 2. The van der Waals surface area contributed by atoms with E-state index in [9.17, 15) is 44.7 Å². The standard InChI is InChI=1S/C64H79N9O18S2/c1-7-64(82)43-27-46-49-41(30-73(46)58(80)42(43)31-87-61(64)81)40(39-26-47-48(28-45(39)69-49)86-25-24-85-47)29-71-20-22-72(23-21-71)57(79)32(2)66-56(78)44(70-63(93)68-36-13-17-38(18-14-36)91-60-53(77)55(84-6)51(75)34(4)89-60)10-8-9-19-65-62(92)67-35-11-15-37(16-12-35)90-59-52(76)54(83-5)50(74)33(3)88-59/h11-18,26-28,32-34,44,50-55,59-60,74-77,82H,7-10,19-25,29-31H2,1-6H3,(H,66,78)(H2,65,67,92)(H2,68,70,93)/t32-,33-,34-,44?,50+,51+,52-,53-,54+,55+,59?,60?,64?/m0/s1. The first-order valence-corrected chi connectivity index (χ1v) is 32.0. The maximum atomic E-state index is 14.4. The molecule has 5 aromatic rings. The Morgan fingerprint density at radius 3 is 1.91 bits per heavy atom. The maximum absolute atomic E-state index is 14.4. The van der Waals surface area contributed by atoms with E-state index in [1.165, 1.54) is 14.2 Å². The number of unbranched alkanes of at least 4 members (excludes halogenated alkanes) is 1. The lowest BCUT2D eigenvalue weighted by atomic mass is 9.86. The number of fused-ring (bicyclic) bond motifs is 6. The number of aromatic nitrogens is 2. The monoisotopic (exact) mass is 1330 g/mol. The van der Waals surface area contributed by atoms with E-state index in [0.29, 0.717) is 128 Å². The Balaban J connectivity index is 0.721. The fourth-order valence-corrected chi connectivity index (χ4v) is 13.1. The number of carbonyl (C=O) groups excluding carboxylic acids is 3. The van der Waals surface area contributed by atoms with Gasteiger partial charge in [-0.15, -0.1) is 0 Å². The summed E-state index contributed by atoms with van der Waals surface area (Å²) in [4.78, 5) is 64.9. The van der Waals surface area contributed by atoms with E-state index in [1.54, 1.807) is 91.8 Å². The van der Waals surface area contributed by atoms with Crippen LogP contribution in [0.25, 0.3) is 22.3 Å². The van der Waals surface area contributed by atoms with Gasteiger partial charge in [-0.05, 0) is 137 Å². The second-order valence-electron chi connectivity index (χ2n) is 24.0. The van der Waals surface area contributed by atoms with Gasteiger partial charge in [-0.25, -0.2) is 9.78 Å². The van der Waals surface area contributed by atoms with Gasteiger partial charge in [0.2, 0.25) is 24.4 Å². The molecule has 2 aromatic heterocycles. The molecule has 3 aromatic carbocycles. The van der Waals surface area contributed by atoms with Gasteiger partial charge in [0.25, 0.3) is 5.56 Å². The lowest BCUT2D eigenvalue weighted by molar-refractivity contribution is -0.273. The van der Waals surface area contributed by atoms with Crippen LogP contribution in [0.5, 0.6) is 23.0 Å². The number of aliphatic hydroxyl groups excluding tert-OH is 4. The summed E-state index contributed by atoms with van der Waals surface area (Å²) >= 11 is 11.4. The number of ether oxygens (including phenoxy) is 9. The summed E-state index contributed by atoms with van der Waals surface area (Å²) in [5, 5.41) is 70.6. The zero-order valence-electron chi connectivity index (χ0n) is 52.3. The minimum atomic E-state index is -1.99. The van der Waals surface area contributed by atoms with Gasteiger partial charge in [0.1, 0.15) is 80.0 Å². The number of pyridine rings is 2. The van der Waals surface area contributed by atoms with Crippen molar-refractivity contribution in [3.63, 3.8) is 0 Å². The Kier molecular flexibility index (Phi) is 20.7. The van der Waals surface area contributed by atoms with Crippen LogP contribution >= 0.6 is 24.4 Å². The molecule has 0 bridgehead atoms. The number of nitrogens with one attached hydrogen (secondary N) is 5. The average Bonchev–Trinajstić information content (AvgIpc) is 1.62. The predicted molar refractivity (Wildman–Crippen MR) is 345 cm³/mol. The molecule has 2 amide bonds. The molecular formula is C64H79N9O18S2. The molecule has 3 saturated heterocycles. The predicted octanol–water partition coefficient (Wildman–Crippen LogP) is 2.23. The van der Waals surface area contributed by atoms with Crippen molar-refractivity contribution >= 4 is 74.7 Å². The van der Waals surface area contributed by atoms with E-state index in [4.69, 9.17) is 72.1 Å². The van der Waals surface area contributed by atoms with Crippen LogP contribution in [0.3, 0.4) is 0 Å². The Morgan fingerprint density at radius 2 is 1.33 bits per heavy atom. The highest BCUT2D eigenvalue weighted by Gasteiger charge is 2.48. The zero-order chi connectivity index (χ0) is 66.0. The first-order valence-electron chi connectivity index (χ1n) is 31.1. The molecule has 29 heteroatoms. The molecule has 6 aliphatic heterocycles. The van der Waals surface area contributed by atoms with Crippen molar-refractivity contribution in [3.8, 4) is 34.4 Å². The van der Waals surface area contributed by atoms with Gasteiger partial charge in [-0.2, -0.15) is 0 Å². The Morgan fingerprint density at radius 1 is 0.753 bits per heavy atom. The molecule has 11 rings (SSSR count). The van der Waals surface area contributed by atoms with Crippen molar-refractivity contribution in [1.82, 2.24) is 35.3 Å². The van der Waals surface area contributed by atoms with E-state index >= 15 is 0 Å². The minimum Gasteiger partial charge on any atom is -0.486 e. The topological polar surface area (TPSA) is 337 Å². The molecule has 10 N–H and O–H groups in total. The number of benzene rings is 3. The van der Waals surface area contributed by atoms with Crippen LogP contribution in [0, 0.1) is 0 Å². The second-order valence-corrected chi connectivity index (χ2v) is 24.8. The van der Waals surface area contributed by atoms with Gasteiger partial charge in [0.05, 0.1) is 41.2 Å². The number of methoxy groups -OCH3 is 2. The number of hydrogen-bond donors (Lipinski definition) is 10. The summed E-state index contributed by atoms with van der Waals surface area (Å²) in [6.45, 7) is 9.83. The third-order valence-corrected chi connectivity index (χ3v) is 18.4. The Bertz CT molecular complexity index is 3650. The number of amides is 2. The first-order chi connectivity index (χ1) is 44.7. The molecular weight excluding hydrogens is 1250 g/mol. The Labute approximate surface area is 546 Å². The number of thiocarbonyl (C=S) groups is 2. The third kappa shape index (κ3) is 14.2. The van der Waals surface area contributed by atoms with Crippen molar-refractivity contribution < 1.29 is 82.5 Å². The van der Waals surface area contributed by atoms with E-state index in [0.717, 1.165) is 16.5 Å². The van der Waals surface area contributed by atoms with E-state index < -0.39 is 91.0 Å². The van der Waals surface area contributed by atoms with Crippen LogP contribution in [-0.2, 0) is 63.4 Å². The second kappa shape index (κ2) is 28.7. The fraction of sp³-hybridized carbons (Fsp3) is 0.516. The quantitative estimate of drug-likeness (QED) is 0.0298. The molecule has 13 atom stereocenters. The lowest BCUT2D eigenvalue weighted by Crippen LogP contribution is -2.59. The van der Waals surface area contributed by atoms with Crippen LogP contribution in [0.15, 0.2) is 71.5 Å². The van der Waals surface area contributed by atoms with Gasteiger partial charge >= 0.3 is 5.97 Å². The summed E-state index contributed by atoms with van der Waals surface area (Å²) in [6, 6.07) is 17.2. The van der Waals surface area contributed by atoms with Gasteiger partial charge < -0.3 is 104 Å². The van der Waals surface area contributed by atoms with Crippen LogP contribution in [-0.4, -0.2) is 207 Å². The number of hydrogen-bond acceptors (Lipinski definition) is 22. The van der Waals surface area contributed by atoms with Gasteiger partial charge in [-0.3, -0.25) is 19.3 Å². The number of rotatable bonds is 20. The van der Waals surface area contributed by atoms with E-state index in [-0.39, 0.29) is 47.3 Å². The highest BCUT2D eigenvalue weighted by atomic mass is 32.1. The number of carbonyl (C=O) groups is 3. The number of nitrogens with zero attached hydrogens (tertiary/aromatic N) is 4. The lowest BCUT2D eigenvalue weighted by Gasteiger charge is -2.40. The SMILES string of the molecule is CCC1(O)C(=O)OCc2c1cc1n(c2=O)Cc2c-1nc1cc3c(cc1c2CN1CCN(C(=O)[C@H](C)NC(=O)C(CCCCNC(=S)Nc2ccc(OC4O[C@@H](C)[C@@H](O)[C@@H](OC)[C@@H]4O)cc2)NC(=S)Nc2ccc(OC4O[C@@H](C)[C@@H](O)[C@@H](OC)[C@@H]4O)cc2)CC1)OCCO3. The molecule has 4 unspecified atom stereocenters. The van der Waals surface area contributed by atoms with Gasteiger partial charge in [0, 0.05) is 87.4 Å². The van der Waals surface area contributed by atoms with E-state index in [1.807, 2.05) is 12.1 Å². The highest BCUT2D eigenvalue weighted by Crippen LogP contribution is 2.43. The molecule has 500 valence electrons.